The molecule has 1 atom stereocenters. The molecule has 1 saturated heterocycles. The quantitative estimate of drug-likeness (QED) is 0.440. The van der Waals surface area contributed by atoms with Crippen molar-refractivity contribution in [1.29, 1.82) is 0 Å². The number of H-pyrrole nitrogens is 1. The molecule has 176 valence electrons. The summed E-state index contributed by atoms with van der Waals surface area (Å²) in [6.07, 6.45) is 4.94. The summed E-state index contributed by atoms with van der Waals surface area (Å²) in [5, 5.41) is 12.9. The highest BCUT2D eigenvalue weighted by Gasteiger charge is 2.38. The molecule has 1 aliphatic heterocycles. The molecule has 0 saturated carbocycles. The molecule has 3 aromatic heterocycles. The number of nitrogens with one attached hydrogen (secondary N) is 1. The number of carbonyl (C=O) groups is 1. The highest BCUT2D eigenvalue weighted by atomic mass is 35.5. The van der Waals surface area contributed by atoms with E-state index in [2.05, 4.69) is 24.8 Å². The second-order valence-corrected chi connectivity index (χ2v) is 9.60. The topological polar surface area (TPSA) is 98.2 Å². The van der Waals surface area contributed by atoms with Crippen LogP contribution < -0.4 is 4.90 Å². The van der Waals surface area contributed by atoms with Crippen molar-refractivity contribution in [3.8, 4) is 0 Å². The van der Waals surface area contributed by atoms with Crippen LogP contribution in [0.3, 0.4) is 0 Å². The molecule has 0 aliphatic carbocycles. The number of halogens is 1. The van der Waals surface area contributed by atoms with E-state index in [1.807, 2.05) is 37.4 Å². The van der Waals surface area contributed by atoms with Crippen molar-refractivity contribution >= 4 is 45.1 Å². The zero-order chi connectivity index (χ0) is 23.9. The average Bonchev–Trinajstić information content (AvgIpc) is 3.39. The molecule has 4 aromatic rings. The molecule has 34 heavy (non-hydrogen) atoms. The largest absolute Gasteiger partial charge is 0.386 e. The Kier molecular flexibility index (Phi) is 5.87. The van der Waals surface area contributed by atoms with Crippen LogP contribution in [0.4, 0.5) is 5.69 Å². The summed E-state index contributed by atoms with van der Waals surface area (Å²) in [5.74, 6) is 0.720. The van der Waals surface area contributed by atoms with Crippen molar-refractivity contribution in [3.63, 3.8) is 0 Å². The summed E-state index contributed by atoms with van der Waals surface area (Å²) in [4.78, 5) is 33.2. The molecule has 1 fully saturated rings. The average molecular weight is 479 g/mol. The Balaban J connectivity index is 1.22. The molecule has 0 spiro atoms. The third-order valence-electron chi connectivity index (χ3n) is 6.42. The number of aryl methyl sites for hydroxylation is 2. The van der Waals surface area contributed by atoms with E-state index in [9.17, 15) is 9.90 Å². The lowest BCUT2D eigenvalue weighted by Crippen LogP contribution is -2.46. The number of anilines is 1. The molecule has 8 nitrogen and oxygen atoms in total. The molecule has 1 amide bonds. The number of pyridine rings is 2. The van der Waals surface area contributed by atoms with Gasteiger partial charge in [0.05, 0.1) is 23.1 Å². The zero-order valence-electron chi connectivity index (χ0n) is 19.3. The van der Waals surface area contributed by atoms with E-state index in [0.717, 1.165) is 39.1 Å². The minimum atomic E-state index is -0.980. The van der Waals surface area contributed by atoms with E-state index in [0.29, 0.717) is 37.4 Å². The van der Waals surface area contributed by atoms with E-state index in [1.54, 1.807) is 24.2 Å². The number of aromatic nitrogens is 4. The lowest BCUT2D eigenvalue weighted by atomic mass is 10.0. The lowest BCUT2D eigenvalue weighted by molar-refractivity contribution is -0.132. The van der Waals surface area contributed by atoms with Gasteiger partial charge in [-0.1, -0.05) is 11.6 Å². The van der Waals surface area contributed by atoms with E-state index in [1.165, 1.54) is 0 Å². The summed E-state index contributed by atoms with van der Waals surface area (Å²) >= 11 is 6.03. The van der Waals surface area contributed by atoms with Crippen LogP contribution in [0.1, 0.15) is 24.4 Å². The predicted octanol–water partition coefficient (Wildman–Crippen LogP) is 3.50. The van der Waals surface area contributed by atoms with Crippen LogP contribution in [0.25, 0.3) is 21.9 Å². The first kappa shape index (κ1) is 22.6. The van der Waals surface area contributed by atoms with Gasteiger partial charge in [0, 0.05) is 67.2 Å². The summed E-state index contributed by atoms with van der Waals surface area (Å²) in [6, 6.07) is 9.41. The number of nitrogens with zero attached hydrogens (tertiary/aromatic N) is 5. The van der Waals surface area contributed by atoms with Gasteiger partial charge in [0.2, 0.25) is 5.91 Å². The fourth-order valence-corrected chi connectivity index (χ4v) is 4.90. The van der Waals surface area contributed by atoms with Crippen LogP contribution in [0.5, 0.6) is 0 Å². The van der Waals surface area contributed by atoms with E-state index in [4.69, 9.17) is 11.6 Å². The lowest BCUT2D eigenvalue weighted by Gasteiger charge is -2.29. The third-order valence-corrected chi connectivity index (χ3v) is 6.65. The Bertz CT molecular complexity index is 1370. The number of fused-ring (bicyclic) bond motifs is 2. The highest BCUT2D eigenvalue weighted by molar-refractivity contribution is 6.31. The third kappa shape index (κ3) is 4.56. The first-order chi connectivity index (χ1) is 16.3. The molecule has 1 aliphatic rings. The molecular formula is C25H27ClN6O2. The maximum Gasteiger partial charge on any atom is 0.222 e. The van der Waals surface area contributed by atoms with Gasteiger partial charge in [-0.3, -0.25) is 14.8 Å². The predicted molar refractivity (Wildman–Crippen MR) is 133 cm³/mol. The molecule has 5 rings (SSSR count). The highest BCUT2D eigenvalue weighted by Crippen LogP contribution is 2.32. The Labute approximate surface area is 202 Å². The Morgan fingerprint density at radius 2 is 2.12 bits per heavy atom. The zero-order valence-corrected chi connectivity index (χ0v) is 20.0. The first-order valence-corrected chi connectivity index (χ1v) is 11.7. The van der Waals surface area contributed by atoms with Crippen molar-refractivity contribution < 1.29 is 9.90 Å². The number of benzene rings is 1. The van der Waals surface area contributed by atoms with Crippen LogP contribution in [-0.2, 0) is 11.2 Å². The molecule has 1 aromatic carbocycles. The van der Waals surface area contributed by atoms with E-state index >= 15 is 0 Å². The second-order valence-electron chi connectivity index (χ2n) is 9.17. The molecule has 2 N–H and O–H groups in total. The fourth-order valence-electron chi connectivity index (χ4n) is 4.73. The number of hydrogen-bond acceptors (Lipinski definition) is 6. The Morgan fingerprint density at radius 1 is 1.26 bits per heavy atom. The number of hydrogen-bond donors (Lipinski definition) is 2. The summed E-state index contributed by atoms with van der Waals surface area (Å²) < 4.78 is 0. The number of rotatable bonds is 6. The minimum absolute atomic E-state index is 0.0280. The van der Waals surface area contributed by atoms with Gasteiger partial charge < -0.3 is 19.9 Å². The van der Waals surface area contributed by atoms with Gasteiger partial charge in [-0.25, -0.2) is 4.98 Å². The van der Waals surface area contributed by atoms with E-state index in [-0.39, 0.29) is 12.5 Å². The van der Waals surface area contributed by atoms with Crippen molar-refractivity contribution in [2.75, 3.05) is 31.6 Å². The van der Waals surface area contributed by atoms with Crippen molar-refractivity contribution in [2.24, 2.45) is 0 Å². The Hall–Kier alpha value is -3.23. The van der Waals surface area contributed by atoms with Crippen molar-refractivity contribution in [1.82, 2.24) is 24.8 Å². The molecule has 0 bridgehead atoms. The number of amides is 1. The fraction of sp³-hybridized carbons (Fsp3) is 0.360. The van der Waals surface area contributed by atoms with Gasteiger partial charge in [-0.15, -0.1) is 0 Å². The minimum Gasteiger partial charge on any atom is -0.386 e. The normalized spacial score (nSPS) is 18.2. The molecular weight excluding hydrogens is 452 g/mol. The number of carbonyl (C=O) groups excluding carboxylic acids is 1. The van der Waals surface area contributed by atoms with Crippen LogP contribution in [0, 0.1) is 6.92 Å². The molecule has 4 heterocycles. The molecule has 9 heteroatoms. The monoisotopic (exact) mass is 478 g/mol. The summed E-state index contributed by atoms with van der Waals surface area (Å²) in [7, 11) is 1.75. The van der Waals surface area contributed by atoms with Crippen LogP contribution in [-0.4, -0.2) is 68.1 Å². The van der Waals surface area contributed by atoms with Crippen LogP contribution >= 0.6 is 11.6 Å². The SMILES string of the molecule is Cc1cc(N2CC[C@@](O)(CN(C)C(=O)CCc3nc4ccc(Cl)cc4[nH]3)C2)c2cnccc2n1. The smallest absolute Gasteiger partial charge is 0.222 e. The molecule has 0 radical (unpaired) electrons. The second kappa shape index (κ2) is 8.85. The van der Waals surface area contributed by atoms with E-state index < -0.39 is 5.60 Å². The van der Waals surface area contributed by atoms with Gasteiger partial charge in [0.1, 0.15) is 11.4 Å². The number of aliphatic hydroxyl groups is 1. The van der Waals surface area contributed by atoms with Gasteiger partial charge in [0.25, 0.3) is 0 Å². The van der Waals surface area contributed by atoms with Crippen molar-refractivity contribution in [2.45, 2.75) is 31.8 Å². The van der Waals surface area contributed by atoms with Gasteiger partial charge in [0.15, 0.2) is 0 Å². The molecule has 0 unspecified atom stereocenters. The first-order valence-electron chi connectivity index (χ1n) is 11.4. The van der Waals surface area contributed by atoms with Crippen LogP contribution in [0.2, 0.25) is 5.02 Å². The number of β-amino-alcohol motifs (C(OH)–C–C–N with tert-alkyl or cyclic N) is 1. The van der Waals surface area contributed by atoms with Crippen molar-refractivity contribution in [3.05, 3.63) is 59.3 Å². The van der Waals surface area contributed by atoms with Gasteiger partial charge in [-0.2, -0.15) is 0 Å². The van der Waals surface area contributed by atoms with Crippen LogP contribution in [0.15, 0.2) is 42.7 Å². The Morgan fingerprint density at radius 3 is 2.97 bits per heavy atom. The van der Waals surface area contributed by atoms with Gasteiger partial charge in [-0.05, 0) is 43.7 Å². The number of aromatic amines is 1. The van der Waals surface area contributed by atoms with Gasteiger partial charge >= 0.3 is 0 Å². The number of likely N-dealkylation sites (N-methyl/N-ethyl adjacent to an activating group) is 1. The summed E-state index contributed by atoms with van der Waals surface area (Å²) in [5.41, 5.74) is 3.54. The standard InChI is InChI=1S/C25H27ClN6O2/c1-16-11-22(18-13-27-9-7-19(18)28-16)32-10-8-25(34,15-32)14-31(2)24(33)6-5-23-29-20-4-3-17(26)12-21(20)30-23/h3-4,7,9,11-13,34H,5-6,8,10,14-15H2,1-2H3,(H,29,30)/t25-/m1/s1. The maximum atomic E-state index is 12.8. The number of imidazole rings is 1. The summed E-state index contributed by atoms with van der Waals surface area (Å²) in [6.45, 7) is 3.39. The maximum absolute atomic E-state index is 12.8.